The fourth-order valence-electron chi connectivity index (χ4n) is 2.09. The predicted octanol–water partition coefficient (Wildman–Crippen LogP) is 3.69. The molecule has 3 N–H and O–H groups in total. The second-order valence-electron chi connectivity index (χ2n) is 4.43. The van der Waals surface area contributed by atoms with Crippen molar-refractivity contribution in [2.24, 2.45) is 11.8 Å². The predicted molar refractivity (Wildman–Crippen MR) is 68.5 cm³/mol. The number of rotatable bonds is 4. The van der Waals surface area contributed by atoms with Crippen molar-refractivity contribution in [1.29, 1.82) is 0 Å². The Labute approximate surface area is 106 Å². The number of benzene rings is 1. The van der Waals surface area contributed by atoms with Gasteiger partial charge in [-0.1, -0.05) is 48.5 Å². The van der Waals surface area contributed by atoms with Crippen LogP contribution in [0.15, 0.2) is 18.2 Å². The van der Waals surface area contributed by atoms with E-state index in [9.17, 15) is 0 Å². The van der Waals surface area contributed by atoms with E-state index in [0.717, 1.165) is 17.9 Å². The van der Waals surface area contributed by atoms with E-state index in [-0.39, 0.29) is 6.04 Å². The zero-order valence-corrected chi connectivity index (χ0v) is 10.6. The lowest BCUT2D eigenvalue weighted by atomic mass is 9.80. The van der Waals surface area contributed by atoms with Gasteiger partial charge in [-0.2, -0.15) is 0 Å². The SMILES string of the molecule is NNC(CC1CCC1)c1ccc(Cl)c(Cl)c1. The number of nitrogens with one attached hydrogen (secondary N) is 1. The molecule has 1 saturated carbocycles. The maximum absolute atomic E-state index is 6.00. The van der Waals surface area contributed by atoms with Crippen LogP contribution >= 0.6 is 23.2 Å². The van der Waals surface area contributed by atoms with E-state index >= 15 is 0 Å². The summed E-state index contributed by atoms with van der Waals surface area (Å²) in [6.07, 6.45) is 5.07. The van der Waals surface area contributed by atoms with Crippen molar-refractivity contribution < 1.29 is 0 Å². The fourth-order valence-corrected chi connectivity index (χ4v) is 2.40. The van der Waals surface area contributed by atoms with Crippen molar-refractivity contribution in [1.82, 2.24) is 5.43 Å². The van der Waals surface area contributed by atoms with E-state index < -0.39 is 0 Å². The Morgan fingerprint density at radius 2 is 2.06 bits per heavy atom. The van der Waals surface area contributed by atoms with Gasteiger partial charge in [0.15, 0.2) is 0 Å². The second-order valence-corrected chi connectivity index (χ2v) is 5.24. The van der Waals surface area contributed by atoms with Crippen molar-refractivity contribution in [2.45, 2.75) is 31.7 Å². The summed E-state index contributed by atoms with van der Waals surface area (Å²) in [6, 6.07) is 5.88. The molecular weight excluding hydrogens is 243 g/mol. The molecule has 1 aliphatic carbocycles. The Hall–Kier alpha value is -0.280. The van der Waals surface area contributed by atoms with Crippen LogP contribution in [0.25, 0.3) is 0 Å². The van der Waals surface area contributed by atoms with Gasteiger partial charge in [0.1, 0.15) is 0 Å². The number of nitrogens with two attached hydrogens (primary N) is 1. The van der Waals surface area contributed by atoms with Gasteiger partial charge < -0.3 is 0 Å². The first-order valence-corrected chi connectivity index (χ1v) is 6.37. The minimum Gasteiger partial charge on any atom is -0.271 e. The average Bonchev–Trinajstić information content (AvgIpc) is 2.21. The van der Waals surface area contributed by atoms with E-state index in [4.69, 9.17) is 29.0 Å². The van der Waals surface area contributed by atoms with Crippen LogP contribution < -0.4 is 11.3 Å². The van der Waals surface area contributed by atoms with Crippen LogP contribution in [0, 0.1) is 5.92 Å². The molecule has 88 valence electrons. The molecule has 0 aromatic heterocycles. The standard InChI is InChI=1S/C12H16Cl2N2/c13-10-5-4-9(7-11(10)14)12(16-15)6-8-2-1-3-8/h4-5,7-8,12,16H,1-3,6,15H2. The average molecular weight is 259 g/mol. The molecule has 0 saturated heterocycles. The van der Waals surface area contributed by atoms with Crippen molar-refractivity contribution in [3.8, 4) is 0 Å². The first kappa shape index (κ1) is 12.2. The van der Waals surface area contributed by atoms with Gasteiger partial charge in [-0.15, -0.1) is 0 Å². The smallest absolute Gasteiger partial charge is 0.0595 e. The summed E-state index contributed by atoms with van der Waals surface area (Å²) >= 11 is 11.9. The molecule has 0 aliphatic heterocycles. The highest BCUT2D eigenvalue weighted by Gasteiger charge is 2.22. The molecule has 16 heavy (non-hydrogen) atoms. The van der Waals surface area contributed by atoms with Crippen LogP contribution in [0.2, 0.25) is 10.0 Å². The lowest BCUT2D eigenvalue weighted by Gasteiger charge is -2.29. The molecule has 1 aromatic carbocycles. The van der Waals surface area contributed by atoms with Crippen LogP contribution in [-0.2, 0) is 0 Å². The first-order valence-electron chi connectivity index (χ1n) is 5.62. The van der Waals surface area contributed by atoms with Crippen molar-refractivity contribution in [3.63, 3.8) is 0 Å². The molecule has 1 aromatic rings. The van der Waals surface area contributed by atoms with Crippen molar-refractivity contribution in [2.75, 3.05) is 0 Å². The molecule has 1 aliphatic rings. The normalized spacial score (nSPS) is 18.2. The minimum atomic E-state index is 0.181. The van der Waals surface area contributed by atoms with Crippen molar-refractivity contribution in [3.05, 3.63) is 33.8 Å². The summed E-state index contributed by atoms with van der Waals surface area (Å²) in [6.45, 7) is 0. The molecule has 4 heteroatoms. The zero-order valence-electron chi connectivity index (χ0n) is 9.05. The molecule has 1 fully saturated rings. The third kappa shape index (κ3) is 2.69. The summed E-state index contributed by atoms with van der Waals surface area (Å²) in [7, 11) is 0. The Morgan fingerprint density at radius 1 is 1.31 bits per heavy atom. The zero-order chi connectivity index (χ0) is 11.5. The molecule has 2 nitrogen and oxygen atoms in total. The fraction of sp³-hybridized carbons (Fsp3) is 0.500. The maximum Gasteiger partial charge on any atom is 0.0595 e. The Balaban J connectivity index is 2.09. The third-order valence-corrected chi connectivity index (χ3v) is 4.08. The van der Waals surface area contributed by atoms with Gasteiger partial charge in [0.25, 0.3) is 0 Å². The topological polar surface area (TPSA) is 38.0 Å². The lowest BCUT2D eigenvalue weighted by molar-refractivity contribution is 0.262. The Bertz CT molecular complexity index is 364. The Morgan fingerprint density at radius 3 is 2.56 bits per heavy atom. The van der Waals surface area contributed by atoms with E-state index in [1.165, 1.54) is 19.3 Å². The molecule has 1 unspecified atom stereocenters. The molecule has 2 rings (SSSR count). The van der Waals surface area contributed by atoms with E-state index in [0.29, 0.717) is 10.0 Å². The minimum absolute atomic E-state index is 0.181. The Kier molecular flexibility index (Phi) is 4.09. The highest BCUT2D eigenvalue weighted by atomic mass is 35.5. The molecular formula is C12H16Cl2N2. The van der Waals surface area contributed by atoms with E-state index in [2.05, 4.69) is 5.43 Å². The van der Waals surface area contributed by atoms with Gasteiger partial charge in [-0.25, -0.2) is 0 Å². The van der Waals surface area contributed by atoms with Crippen molar-refractivity contribution >= 4 is 23.2 Å². The largest absolute Gasteiger partial charge is 0.271 e. The summed E-state index contributed by atoms with van der Waals surface area (Å²) < 4.78 is 0. The van der Waals surface area contributed by atoms with Gasteiger partial charge in [-0.3, -0.25) is 11.3 Å². The highest BCUT2D eigenvalue weighted by Crippen LogP contribution is 2.35. The van der Waals surface area contributed by atoms with Gasteiger partial charge in [0, 0.05) is 6.04 Å². The molecule has 0 radical (unpaired) electrons. The highest BCUT2D eigenvalue weighted by molar-refractivity contribution is 6.42. The van der Waals surface area contributed by atoms with Crippen LogP contribution in [0.5, 0.6) is 0 Å². The first-order chi connectivity index (χ1) is 7.70. The summed E-state index contributed by atoms with van der Waals surface area (Å²) in [4.78, 5) is 0. The van der Waals surface area contributed by atoms with E-state index in [1.807, 2.05) is 18.2 Å². The second kappa shape index (κ2) is 5.37. The van der Waals surface area contributed by atoms with E-state index in [1.54, 1.807) is 0 Å². The van der Waals surface area contributed by atoms with Gasteiger partial charge in [0.05, 0.1) is 10.0 Å². The summed E-state index contributed by atoms with van der Waals surface area (Å²) in [5, 5.41) is 1.18. The molecule has 0 bridgehead atoms. The number of halogens is 2. The van der Waals surface area contributed by atoms with Crippen LogP contribution in [0.1, 0.15) is 37.3 Å². The van der Waals surface area contributed by atoms with Crippen LogP contribution in [-0.4, -0.2) is 0 Å². The molecule has 0 amide bonds. The molecule has 0 spiro atoms. The maximum atomic E-state index is 6.00. The molecule has 1 atom stereocenters. The van der Waals surface area contributed by atoms with Gasteiger partial charge in [0.2, 0.25) is 0 Å². The number of hydrogen-bond donors (Lipinski definition) is 2. The van der Waals surface area contributed by atoms with Crippen LogP contribution in [0.3, 0.4) is 0 Å². The van der Waals surface area contributed by atoms with Gasteiger partial charge in [-0.05, 0) is 30.0 Å². The monoisotopic (exact) mass is 258 g/mol. The molecule has 0 heterocycles. The summed E-state index contributed by atoms with van der Waals surface area (Å²) in [5.41, 5.74) is 3.98. The third-order valence-electron chi connectivity index (χ3n) is 3.34. The lowest BCUT2D eigenvalue weighted by Crippen LogP contribution is -2.31. The quantitative estimate of drug-likeness (QED) is 0.639. The number of hydrogen-bond acceptors (Lipinski definition) is 2. The number of hydrazine groups is 1. The summed E-state index contributed by atoms with van der Waals surface area (Å²) in [5.74, 6) is 6.40. The van der Waals surface area contributed by atoms with Gasteiger partial charge >= 0.3 is 0 Å². The van der Waals surface area contributed by atoms with Crippen LogP contribution in [0.4, 0.5) is 0 Å².